The zero-order valence-electron chi connectivity index (χ0n) is 16.7. The van der Waals surface area contributed by atoms with Crippen LogP contribution in [0.15, 0.2) is 59.3 Å². The maximum absolute atomic E-state index is 12.6. The molecule has 4 aromatic rings. The van der Waals surface area contributed by atoms with Gasteiger partial charge in [-0.05, 0) is 30.2 Å². The van der Waals surface area contributed by atoms with Crippen molar-refractivity contribution >= 4 is 16.8 Å². The summed E-state index contributed by atoms with van der Waals surface area (Å²) < 4.78 is 11.1. The molecule has 1 saturated heterocycles. The Morgan fingerprint density at radius 1 is 1.20 bits per heavy atom. The van der Waals surface area contributed by atoms with E-state index in [1.807, 2.05) is 66.6 Å². The molecule has 0 radical (unpaired) electrons. The average molecular weight is 402 g/mol. The minimum Gasteiger partial charge on any atom is -0.483 e. The molecule has 7 heteroatoms. The van der Waals surface area contributed by atoms with E-state index in [9.17, 15) is 4.79 Å². The van der Waals surface area contributed by atoms with Crippen LogP contribution < -0.4 is 4.74 Å². The fraction of sp³-hybridized carbons (Fsp3) is 0.261. The van der Waals surface area contributed by atoms with Crippen molar-refractivity contribution in [3.8, 4) is 5.75 Å². The van der Waals surface area contributed by atoms with Crippen molar-refractivity contribution in [3.63, 3.8) is 0 Å². The van der Waals surface area contributed by atoms with Gasteiger partial charge in [0.2, 0.25) is 5.91 Å². The predicted molar refractivity (Wildman–Crippen MR) is 111 cm³/mol. The van der Waals surface area contributed by atoms with E-state index < -0.39 is 0 Å². The van der Waals surface area contributed by atoms with E-state index in [0.29, 0.717) is 31.2 Å². The second-order valence-electron chi connectivity index (χ2n) is 7.63. The zero-order chi connectivity index (χ0) is 20.5. The first-order valence-electron chi connectivity index (χ1n) is 10.0. The number of carbonyl (C=O) groups excluding carboxylic acids is 1. The van der Waals surface area contributed by atoms with Gasteiger partial charge in [-0.25, -0.2) is 0 Å². The van der Waals surface area contributed by atoms with Crippen LogP contribution in [0.3, 0.4) is 0 Å². The van der Waals surface area contributed by atoms with E-state index >= 15 is 0 Å². The topological polar surface area (TPSA) is 84.2 Å². The lowest BCUT2D eigenvalue weighted by Gasteiger charge is -2.37. The molecule has 1 aliphatic rings. The largest absolute Gasteiger partial charge is 0.483 e. The van der Waals surface area contributed by atoms with Gasteiger partial charge < -0.3 is 19.1 Å². The molecule has 2 aromatic carbocycles. The van der Waals surface area contributed by atoms with Crippen molar-refractivity contribution < 1.29 is 14.1 Å². The fourth-order valence-corrected chi connectivity index (χ4v) is 3.75. The molecule has 0 aliphatic carbocycles. The molecule has 30 heavy (non-hydrogen) atoms. The molecule has 2 aromatic heterocycles. The number of aromatic amines is 1. The van der Waals surface area contributed by atoms with Crippen LogP contribution in [0.5, 0.6) is 5.75 Å². The number of fused-ring (bicyclic) bond motifs is 1. The molecule has 0 atom stereocenters. The van der Waals surface area contributed by atoms with Gasteiger partial charge in [0.25, 0.3) is 5.89 Å². The molecule has 1 fully saturated rings. The Labute approximate surface area is 173 Å². The Morgan fingerprint density at radius 3 is 2.87 bits per heavy atom. The molecule has 1 aliphatic heterocycles. The molecule has 3 heterocycles. The van der Waals surface area contributed by atoms with Gasteiger partial charge in [0.1, 0.15) is 5.75 Å². The molecular weight excluding hydrogens is 380 g/mol. The van der Waals surface area contributed by atoms with Crippen molar-refractivity contribution in [1.82, 2.24) is 20.0 Å². The number of ether oxygens (including phenoxy) is 1. The van der Waals surface area contributed by atoms with Crippen LogP contribution in [0.25, 0.3) is 10.9 Å². The summed E-state index contributed by atoms with van der Waals surface area (Å²) in [6, 6.07) is 15.8. The first kappa shape index (κ1) is 18.4. The van der Waals surface area contributed by atoms with Crippen LogP contribution >= 0.6 is 0 Å². The van der Waals surface area contributed by atoms with Crippen molar-refractivity contribution in [3.05, 3.63) is 77.6 Å². The Morgan fingerprint density at radius 2 is 2.00 bits per heavy atom. The molecule has 5 rings (SSSR count). The minimum atomic E-state index is 0.105. The summed E-state index contributed by atoms with van der Waals surface area (Å²) in [4.78, 5) is 22.1. The Hall–Kier alpha value is -3.61. The smallest absolute Gasteiger partial charge is 0.264 e. The number of amides is 1. The summed E-state index contributed by atoms with van der Waals surface area (Å²) >= 11 is 0. The highest BCUT2D eigenvalue weighted by atomic mass is 16.5. The quantitative estimate of drug-likeness (QED) is 0.533. The lowest BCUT2D eigenvalue weighted by atomic mass is 9.98. The number of para-hydroxylation sites is 2. The highest BCUT2D eigenvalue weighted by Gasteiger charge is 2.35. The molecule has 1 amide bonds. The third-order valence-corrected chi connectivity index (χ3v) is 5.54. The van der Waals surface area contributed by atoms with E-state index in [1.165, 1.54) is 0 Å². The van der Waals surface area contributed by atoms with Crippen LogP contribution in [-0.2, 0) is 17.8 Å². The van der Waals surface area contributed by atoms with E-state index in [-0.39, 0.29) is 18.4 Å². The predicted octanol–water partition coefficient (Wildman–Crippen LogP) is 3.61. The Balaban J connectivity index is 1.15. The second-order valence-corrected chi connectivity index (χ2v) is 7.63. The average Bonchev–Trinajstić information content (AvgIpc) is 3.34. The maximum Gasteiger partial charge on any atom is 0.264 e. The normalized spacial score (nSPS) is 14.1. The summed E-state index contributed by atoms with van der Waals surface area (Å²) in [5, 5.41) is 5.17. The molecule has 7 nitrogen and oxygen atoms in total. The minimum absolute atomic E-state index is 0.105. The van der Waals surface area contributed by atoms with E-state index in [1.54, 1.807) is 0 Å². The molecule has 0 unspecified atom stereocenters. The number of H-pyrrole nitrogens is 1. The molecule has 0 saturated carbocycles. The number of aryl methyl sites for hydroxylation is 1. The van der Waals surface area contributed by atoms with Crippen molar-refractivity contribution in [2.75, 3.05) is 13.1 Å². The van der Waals surface area contributed by atoms with Gasteiger partial charge in [0, 0.05) is 30.2 Å². The third kappa shape index (κ3) is 3.54. The maximum atomic E-state index is 12.6. The summed E-state index contributed by atoms with van der Waals surface area (Å²) in [5.41, 5.74) is 3.13. The summed E-state index contributed by atoms with van der Waals surface area (Å²) in [6.45, 7) is 3.44. The van der Waals surface area contributed by atoms with E-state index in [2.05, 4.69) is 15.1 Å². The number of rotatable bonds is 6. The third-order valence-electron chi connectivity index (χ3n) is 5.54. The van der Waals surface area contributed by atoms with Crippen LogP contribution in [-0.4, -0.2) is 39.0 Å². The summed E-state index contributed by atoms with van der Waals surface area (Å²) in [6.07, 6.45) is 2.30. The number of nitrogens with one attached hydrogen (secondary N) is 1. The Bertz CT molecular complexity index is 1190. The van der Waals surface area contributed by atoms with E-state index in [0.717, 1.165) is 27.8 Å². The number of aromatic nitrogens is 3. The molecular formula is C23H22N4O3. The lowest BCUT2D eigenvalue weighted by Crippen LogP contribution is -2.49. The number of likely N-dealkylation sites (tertiary alicyclic amines) is 1. The van der Waals surface area contributed by atoms with Crippen LogP contribution in [0, 0.1) is 6.92 Å². The van der Waals surface area contributed by atoms with Crippen molar-refractivity contribution in [1.29, 1.82) is 0 Å². The summed E-state index contributed by atoms with van der Waals surface area (Å²) in [5.74, 6) is 2.09. The van der Waals surface area contributed by atoms with Gasteiger partial charge in [-0.1, -0.05) is 41.6 Å². The van der Waals surface area contributed by atoms with Crippen LogP contribution in [0.1, 0.15) is 28.8 Å². The highest BCUT2D eigenvalue weighted by Crippen LogP contribution is 2.27. The van der Waals surface area contributed by atoms with Gasteiger partial charge in [-0.3, -0.25) is 4.79 Å². The van der Waals surface area contributed by atoms with Crippen molar-refractivity contribution in [2.24, 2.45) is 0 Å². The fourth-order valence-electron chi connectivity index (χ4n) is 3.75. The highest BCUT2D eigenvalue weighted by molar-refractivity contribution is 5.89. The molecule has 0 bridgehead atoms. The monoisotopic (exact) mass is 402 g/mol. The molecule has 1 N–H and O–H groups in total. The van der Waals surface area contributed by atoms with E-state index in [4.69, 9.17) is 9.26 Å². The number of carbonyl (C=O) groups is 1. The summed E-state index contributed by atoms with van der Waals surface area (Å²) in [7, 11) is 0. The van der Waals surface area contributed by atoms with Gasteiger partial charge in [-0.2, -0.15) is 4.98 Å². The van der Waals surface area contributed by atoms with Crippen LogP contribution in [0.4, 0.5) is 0 Å². The van der Waals surface area contributed by atoms with Crippen molar-refractivity contribution in [2.45, 2.75) is 25.9 Å². The first-order chi connectivity index (χ1) is 14.7. The SMILES string of the molecule is Cc1ccccc1OCc1nc(C2CN(C(=O)Cc3c[nH]c4ccccc34)C2)no1. The molecule has 152 valence electrons. The zero-order valence-corrected chi connectivity index (χ0v) is 16.7. The first-order valence-corrected chi connectivity index (χ1v) is 10.0. The lowest BCUT2D eigenvalue weighted by molar-refractivity contribution is -0.135. The van der Waals surface area contributed by atoms with Gasteiger partial charge in [0.15, 0.2) is 12.4 Å². The number of nitrogens with zero attached hydrogens (tertiary/aromatic N) is 3. The second kappa shape index (κ2) is 7.67. The Kier molecular flexibility index (Phi) is 4.71. The standard InChI is InChI=1S/C23H22N4O3/c1-15-6-2-5-9-20(15)29-14-21-25-23(26-30-21)17-12-27(13-17)22(28)10-16-11-24-19-8-4-3-7-18(16)19/h2-9,11,17,24H,10,12-14H2,1H3. The number of benzene rings is 2. The number of hydrogen-bond donors (Lipinski definition) is 1. The van der Waals surface area contributed by atoms with Gasteiger partial charge >= 0.3 is 0 Å². The van der Waals surface area contributed by atoms with Gasteiger partial charge in [0.05, 0.1) is 12.3 Å². The van der Waals surface area contributed by atoms with Gasteiger partial charge in [-0.15, -0.1) is 0 Å². The van der Waals surface area contributed by atoms with Crippen LogP contribution in [0.2, 0.25) is 0 Å². The number of hydrogen-bond acceptors (Lipinski definition) is 5. The molecule has 0 spiro atoms.